The topological polar surface area (TPSA) is 67.9 Å². The number of pyridine rings is 1. The summed E-state index contributed by atoms with van der Waals surface area (Å²) < 4.78 is 0. The molecule has 23 heavy (non-hydrogen) atoms. The van der Waals surface area contributed by atoms with Crippen molar-refractivity contribution in [1.82, 2.24) is 19.9 Å². The molecule has 0 aliphatic carbocycles. The first-order valence-corrected chi connectivity index (χ1v) is 8.23. The van der Waals surface area contributed by atoms with Crippen LogP contribution < -0.4 is 5.73 Å². The van der Waals surface area contributed by atoms with E-state index in [4.69, 9.17) is 5.73 Å². The molecule has 2 aromatic heterocycles. The third-order valence-corrected chi connectivity index (χ3v) is 3.71. The van der Waals surface area contributed by atoms with Gasteiger partial charge in [-0.05, 0) is 43.6 Å². The van der Waals surface area contributed by atoms with Crippen molar-refractivity contribution < 1.29 is 0 Å². The molecular formula is C18H25N5. The molecule has 3 rings (SSSR count). The summed E-state index contributed by atoms with van der Waals surface area (Å²) in [4.78, 5) is 15.4. The maximum atomic E-state index is 5.74. The van der Waals surface area contributed by atoms with Gasteiger partial charge in [0, 0.05) is 48.7 Å². The van der Waals surface area contributed by atoms with E-state index in [1.54, 1.807) is 18.6 Å². The molecule has 5 heteroatoms. The molecule has 0 aromatic carbocycles. The predicted octanol–water partition coefficient (Wildman–Crippen LogP) is 2.84. The highest BCUT2D eigenvalue weighted by Gasteiger charge is 2.13. The molecule has 1 saturated heterocycles. The fraction of sp³-hybridized carbons (Fsp3) is 0.389. The van der Waals surface area contributed by atoms with Gasteiger partial charge in [-0.25, -0.2) is 9.97 Å². The lowest BCUT2D eigenvalue weighted by Crippen LogP contribution is -2.18. The number of rotatable bonds is 4. The molecule has 1 fully saturated rings. The van der Waals surface area contributed by atoms with Crippen molar-refractivity contribution in [3.63, 3.8) is 0 Å². The number of aromatic nitrogens is 3. The second-order valence-electron chi connectivity index (χ2n) is 5.21. The minimum absolute atomic E-state index is 0.647. The first-order chi connectivity index (χ1) is 11.4. The molecule has 3 heterocycles. The summed E-state index contributed by atoms with van der Waals surface area (Å²) in [5, 5.41) is 0. The second-order valence-corrected chi connectivity index (χ2v) is 5.21. The summed E-state index contributed by atoms with van der Waals surface area (Å²) in [6.45, 7) is 7.27. The van der Waals surface area contributed by atoms with E-state index in [2.05, 4.69) is 19.9 Å². The van der Waals surface area contributed by atoms with Crippen molar-refractivity contribution in [1.29, 1.82) is 0 Å². The van der Waals surface area contributed by atoms with Crippen LogP contribution in [0.3, 0.4) is 0 Å². The molecule has 0 radical (unpaired) electrons. The summed E-state index contributed by atoms with van der Waals surface area (Å²) >= 11 is 0. The normalized spacial score (nSPS) is 15.1. The Bertz CT molecular complexity index is 601. The highest BCUT2D eigenvalue weighted by Crippen LogP contribution is 2.19. The van der Waals surface area contributed by atoms with E-state index >= 15 is 0 Å². The average Bonchev–Trinajstić information content (AvgIpc) is 3.13. The smallest absolute Gasteiger partial charge is 0.161 e. The van der Waals surface area contributed by atoms with Gasteiger partial charge in [0.2, 0.25) is 0 Å². The molecule has 1 aliphatic heterocycles. The number of hydrogen-bond acceptors (Lipinski definition) is 5. The maximum Gasteiger partial charge on any atom is 0.161 e. The molecule has 5 nitrogen and oxygen atoms in total. The van der Waals surface area contributed by atoms with E-state index in [1.807, 2.05) is 38.4 Å². The SMILES string of the molecule is CC.N/C=C(/c1ccncc1)c1ncc(CN2CCCC2)cn1. The monoisotopic (exact) mass is 311 g/mol. The van der Waals surface area contributed by atoms with E-state index in [0.29, 0.717) is 5.82 Å². The third kappa shape index (κ3) is 4.60. The summed E-state index contributed by atoms with van der Waals surface area (Å²) in [5.41, 5.74) is 8.68. The second kappa shape index (κ2) is 9.00. The fourth-order valence-corrected chi connectivity index (χ4v) is 2.61. The molecule has 122 valence electrons. The van der Waals surface area contributed by atoms with Crippen LogP contribution in [-0.2, 0) is 6.54 Å². The molecule has 1 aliphatic rings. The minimum Gasteiger partial charge on any atom is -0.404 e. The number of nitrogens with zero attached hydrogens (tertiary/aromatic N) is 4. The Morgan fingerprint density at radius 1 is 1.13 bits per heavy atom. The summed E-state index contributed by atoms with van der Waals surface area (Å²) in [6.07, 6.45) is 11.4. The summed E-state index contributed by atoms with van der Waals surface area (Å²) in [7, 11) is 0. The standard InChI is InChI=1S/C16H19N5.C2H6/c17-9-15(14-3-5-18-6-4-14)16-19-10-13(11-20-16)12-21-7-1-2-8-21;1-2/h3-6,9-11H,1-2,7-8,12,17H2;1-2H3/b15-9-;. The van der Waals surface area contributed by atoms with Crippen LogP contribution in [-0.4, -0.2) is 32.9 Å². The Labute approximate surface area is 138 Å². The zero-order valence-electron chi connectivity index (χ0n) is 13.9. The van der Waals surface area contributed by atoms with Gasteiger partial charge in [-0.3, -0.25) is 9.88 Å². The lowest BCUT2D eigenvalue weighted by atomic mass is 10.1. The molecular weight excluding hydrogens is 286 g/mol. The van der Waals surface area contributed by atoms with Crippen LogP contribution in [0.4, 0.5) is 0 Å². The molecule has 0 atom stereocenters. The van der Waals surface area contributed by atoms with Crippen molar-refractivity contribution in [3.8, 4) is 0 Å². The van der Waals surface area contributed by atoms with Gasteiger partial charge in [0.1, 0.15) is 0 Å². The minimum atomic E-state index is 0.647. The molecule has 0 unspecified atom stereocenters. The Balaban J connectivity index is 0.000000924. The maximum absolute atomic E-state index is 5.74. The van der Waals surface area contributed by atoms with Gasteiger partial charge in [-0.15, -0.1) is 0 Å². The molecule has 0 bridgehead atoms. The highest BCUT2D eigenvalue weighted by molar-refractivity contribution is 5.75. The van der Waals surface area contributed by atoms with E-state index in [-0.39, 0.29) is 0 Å². The van der Waals surface area contributed by atoms with E-state index in [1.165, 1.54) is 25.9 Å². The van der Waals surface area contributed by atoms with Crippen LogP contribution in [0.2, 0.25) is 0 Å². The fourth-order valence-electron chi connectivity index (χ4n) is 2.61. The van der Waals surface area contributed by atoms with Gasteiger partial charge >= 0.3 is 0 Å². The van der Waals surface area contributed by atoms with E-state index in [9.17, 15) is 0 Å². The third-order valence-electron chi connectivity index (χ3n) is 3.71. The highest BCUT2D eigenvalue weighted by atomic mass is 15.1. The van der Waals surface area contributed by atoms with Crippen molar-refractivity contribution in [3.05, 3.63) is 60.1 Å². The van der Waals surface area contributed by atoms with Crippen LogP contribution in [0.15, 0.2) is 43.1 Å². The number of nitrogens with two attached hydrogens (primary N) is 1. The van der Waals surface area contributed by atoms with Crippen molar-refractivity contribution in [2.75, 3.05) is 13.1 Å². The Morgan fingerprint density at radius 2 is 1.74 bits per heavy atom. The quantitative estimate of drug-likeness (QED) is 0.940. The largest absolute Gasteiger partial charge is 0.404 e. The summed E-state index contributed by atoms with van der Waals surface area (Å²) in [5.74, 6) is 0.647. The molecule has 2 N–H and O–H groups in total. The Kier molecular flexibility index (Phi) is 6.69. The van der Waals surface area contributed by atoms with Crippen molar-refractivity contribution in [2.45, 2.75) is 33.2 Å². The predicted molar refractivity (Wildman–Crippen MR) is 93.4 cm³/mol. The molecule has 2 aromatic rings. The number of hydrogen-bond donors (Lipinski definition) is 1. The van der Waals surface area contributed by atoms with E-state index in [0.717, 1.165) is 23.2 Å². The summed E-state index contributed by atoms with van der Waals surface area (Å²) in [6, 6.07) is 3.81. The van der Waals surface area contributed by atoms with Gasteiger partial charge in [0.25, 0.3) is 0 Å². The molecule has 0 saturated carbocycles. The molecule has 0 amide bonds. The first kappa shape index (κ1) is 17.1. The van der Waals surface area contributed by atoms with Crippen LogP contribution in [0, 0.1) is 0 Å². The molecule has 0 spiro atoms. The van der Waals surface area contributed by atoms with Crippen molar-refractivity contribution >= 4 is 5.57 Å². The Hall–Kier alpha value is -2.27. The van der Waals surface area contributed by atoms with Crippen LogP contribution in [0.5, 0.6) is 0 Å². The lowest BCUT2D eigenvalue weighted by Gasteiger charge is -2.14. The van der Waals surface area contributed by atoms with Crippen LogP contribution in [0.1, 0.15) is 43.6 Å². The Morgan fingerprint density at radius 3 is 2.30 bits per heavy atom. The zero-order chi connectivity index (χ0) is 16.5. The average molecular weight is 311 g/mol. The number of likely N-dealkylation sites (tertiary alicyclic amines) is 1. The zero-order valence-corrected chi connectivity index (χ0v) is 13.9. The van der Waals surface area contributed by atoms with Gasteiger partial charge in [0.15, 0.2) is 5.82 Å². The van der Waals surface area contributed by atoms with Gasteiger partial charge in [-0.2, -0.15) is 0 Å². The van der Waals surface area contributed by atoms with Crippen molar-refractivity contribution in [2.24, 2.45) is 5.73 Å². The van der Waals surface area contributed by atoms with Gasteiger partial charge in [0.05, 0.1) is 0 Å². The van der Waals surface area contributed by atoms with E-state index < -0.39 is 0 Å². The lowest BCUT2D eigenvalue weighted by molar-refractivity contribution is 0.330. The van der Waals surface area contributed by atoms with Gasteiger partial charge < -0.3 is 5.73 Å². The van der Waals surface area contributed by atoms with Crippen LogP contribution >= 0.6 is 0 Å². The van der Waals surface area contributed by atoms with Crippen LogP contribution in [0.25, 0.3) is 5.57 Å². The van der Waals surface area contributed by atoms with Gasteiger partial charge in [-0.1, -0.05) is 13.8 Å². The first-order valence-electron chi connectivity index (χ1n) is 8.23.